The molecule has 2 aliphatic rings. The standard InChI is InChI=1S/C18H24N4O4/c1-18(2,3)16(24)21-8-9-26-14-5-4-12(10-13(14)21)20-11-15(23)22-7-6-19-17(22)25/h4-5,10,20H,6-9,11H2,1-3H3,(H,19,25). The minimum Gasteiger partial charge on any atom is -0.490 e. The van der Waals surface area contributed by atoms with Gasteiger partial charge in [0.05, 0.1) is 18.8 Å². The Morgan fingerprint density at radius 1 is 1.23 bits per heavy atom. The molecule has 0 radical (unpaired) electrons. The van der Waals surface area contributed by atoms with E-state index in [1.165, 1.54) is 4.90 Å². The highest BCUT2D eigenvalue weighted by atomic mass is 16.5. The number of hydrogen-bond donors (Lipinski definition) is 2. The van der Waals surface area contributed by atoms with Gasteiger partial charge in [0.1, 0.15) is 12.4 Å². The van der Waals surface area contributed by atoms with Crippen LogP contribution in [0, 0.1) is 5.41 Å². The number of fused-ring (bicyclic) bond motifs is 1. The highest BCUT2D eigenvalue weighted by Gasteiger charge is 2.32. The minimum atomic E-state index is -0.503. The van der Waals surface area contributed by atoms with Crippen molar-refractivity contribution >= 4 is 29.2 Å². The number of imide groups is 1. The van der Waals surface area contributed by atoms with Gasteiger partial charge in [-0.05, 0) is 18.2 Å². The first kappa shape index (κ1) is 18.0. The van der Waals surface area contributed by atoms with E-state index in [0.29, 0.717) is 43.4 Å². The van der Waals surface area contributed by atoms with Gasteiger partial charge in [0.25, 0.3) is 0 Å². The fourth-order valence-electron chi connectivity index (χ4n) is 2.93. The summed E-state index contributed by atoms with van der Waals surface area (Å²) in [5.74, 6) is 0.366. The third-order valence-electron chi connectivity index (χ3n) is 4.31. The lowest BCUT2D eigenvalue weighted by Crippen LogP contribution is -2.44. The molecule has 0 aromatic heterocycles. The van der Waals surface area contributed by atoms with Crippen LogP contribution in [0.3, 0.4) is 0 Å². The van der Waals surface area contributed by atoms with E-state index >= 15 is 0 Å². The molecule has 0 bridgehead atoms. The maximum atomic E-state index is 12.7. The van der Waals surface area contributed by atoms with Gasteiger partial charge in [-0.25, -0.2) is 4.79 Å². The van der Waals surface area contributed by atoms with Gasteiger partial charge in [-0.1, -0.05) is 20.8 Å². The maximum absolute atomic E-state index is 12.7. The Morgan fingerprint density at radius 2 is 2.00 bits per heavy atom. The molecule has 26 heavy (non-hydrogen) atoms. The van der Waals surface area contributed by atoms with E-state index in [1.807, 2.05) is 20.8 Å². The van der Waals surface area contributed by atoms with Crippen LogP contribution in [0.25, 0.3) is 0 Å². The molecule has 0 spiro atoms. The molecular formula is C18H24N4O4. The van der Waals surface area contributed by atoms with Crippen molar-refractivity contribution in [2.75, 3.05) is 43.0 Å². The first-order valence-electron chi connectivity index (χ1n) is 8.68. The van der Waals surface area contributed by atoms with Gasteiger partial charge in [-0.2, -0.15) is 0 Å². The van der Waals surface area contributed by atoms with E-state index in [-0.39, 0.29) is 24.4 Å². The number of benzene rings is 1. The third-order valence-corrected chi connectivity index (χ3v) is 4.31. The highest BCUT2D eigenvalue weighted by Crippen LogP contribution is 2.36. The summed E-state index contributed by atoms with van der Waals surface area (Å²) in [6.45, 7) is 7.44. The third kappa shape index (κ3) is 3.58. The summed E-state index contributed by atoms with van der Waals surface area (Å²) in [6.07, 6.45) is 0. The molecule has 0 unspecified atom stereocenters. The largest absolute Gasteiger partial charge is 0.490 e. The number of amides is 4. The number of hydrogen-bond acceptors (Lipinski definition) is 5. The number of rotatable bonds is 3. The summed E-state index contributed by atoms with van der Waals surface area (Å²) in [5.41, 5.74) is 0.873. The van der Waals surface area contributed by atoms with Crippen LogP contribution in [0.15, 0.2) is 18.2 Å². The summed E-state index contributed by atoms with van der Waals surface area (Å²) < 4.78 is 5.64. The molecule has 2 heterocycles. The average molecular weight is 360 g/mol. The highest BCUT2D eigenvalue weighted by molar-refractivity contribution is 5.99. The molecule has 8 nitrogen and oxygen atoms in total. The molecule has 0 aliphatic carbocycles. The number of nitrogens with one attached hydrogen (secondary N) is 2. The van der Waals surface area contributed by atoms with Crippen LogP contribution in [-0.4, -0.2) is 55.5 Å². The monoisotopic (exact) mass is 360 g/mol. The second-order valence-corrected chi connectivity index (χ2v) is 7.37. The lowest BCUT2D eigenvalue weighted by molar-refractivity contribution is -0.126. The zero-order chi connectivity index (χ0) is 18.9. The van der Waals surface area contributed by atoms with Gasteiger partial charge < -0.3 is 20.3 Å². The Balaban J connectivity index is 1.74. The molecule has 3 rings (SSSR count). The van der Waals surface area contributed by atoms with E-state index in [0.717, 1.165) is 0 Å². The molecule has 0 atom stereocenters. The topological polar surface area (TPSA) is 91.0 Å². The number of anilines is 2. The lowest BCUT2D eigenvalue weighted by Gasteiger charge is -2.34. The molecule has 1 aromatic carbocycles. The quantitative estimate of drug-likeness (QED) is 0.851. The minimum absolute atomic E-state index is 0.000279. The smallest absolute Gasteiger partial charge is 0.324 e. The van der Waals surface area contributed by atoms with Gasteiger partial charge in [-0.3, -0.25) is 14.5 Å². The molecule has 1 saturated heterocycles. The number of urea groups is 1. The predicted octanol–water partition coefficient (Wildman–Crippen LogP) is 1.42. The van der Waals surface area contributed by atoms with E-state index in [9.17, 15) is 14.4 Å². The Kier molecular flexibility index (Phi) is 4.76. The first-order chi connectivity index (χ1) is 12.3. The Labute approximate surface area is 152 Å². The molecule has 1 aromatic rings. The molecule has 2 aliphatic heterocycles. The van der Waals surface area contributed by atoms with Crippen LogP contribution < -0.4 is 20.3 Å². The van der Waals surface area contributed by atoms with Crippen LogP contribution in [-0.2, 0) is 9.59 Å². The van der Waals surface area contributed by atoms with Crippen molar-refractivity contribution < 1.29 is 19.1 Å². The van der Waals surface area contributed by atoms with Crippen molar-refractivity contribution in [3.05, 3.63) is 18.2 Å². The van der Waals surface area contributed by atoms with E-state index in [1.54, 1.807) is 23.1 Å². The van der Waals surface area contributed by atoms with Gasteiger partial charge in [0.15, 0.2) is 0 Å². The second kappa shape index (κ2) is 6.86. The first-order valence-corrected chi connectivity index (χ1v) is 8.68. The zero-order valence-electron chi connectivity index (χ0n) is 15.3. The van der Waals surface area contributed by atoms with Crippen LogP contribution in [0.2, 0.25) is 0 Å². The number of ether oxygens (including phenoxy) is 1. The molecule has 140 valence electrons. The lowest BCUT2D eigenvalue weighted by atomic mass is 9.94. The van der Waals surface area contributed by atoms with Crippen molar-refractivity contribution in [3.63, 3.8) is 0 Å². The Morgan fingerprint density at radius 3 is 2.65 bits per heavy atom. The SMILES string of the molecule is CC(C)(C)C(=O)N1CCOc2ccc(NCC(=O)N3CCNC3=O)cc21. The van der Waals surface area contributed by atoms with E-state index in [4.69, 9.17) is 4.74 Å². The van der Waals surface area contributed by atoms with E-state index in [2.05, 4.69) is 10.6 Å². The maximum Gasteiger partial charge on any atom is 0.324 e. The second-order valence-electron chi connectivity index (χ2n) is 7.37. The molecule has 0 saturated carbocycles. The predicted molar refractivity (Wildman–Crippen MR) is 97.3 cm³/mol. The normalized spacial score (nSPS) is 16.7. The van der Waals surface area contributed by atoms with E-state index < -0.39 is 5.41 Å². The summed E-state index contributed by atoms with van der Waals surface area (Å²) in [6, 6.07) is 5.02. The molecule has 2 N–H and O–H groups in total. The number of carbonyl (C=O) groups excluding carboxylic acids is 3. The van der Waals surface area contributed by atoms with Crippen molar-refractivity contribution in [1.82, 2.24) is 10.2 Å². The van der Waals surface area contributed by atoms with Crippen molar-refractivity contribution in [1.29, 1.82) is 0 Å². The summed E-state index contributed by atoms with van der Waals surface area (Å²) in [5, 5.41) is 5.63. The summed E-state index contributed by atoms with van der Waals surface area (Å²) in [4.78, 5) is 39.3. The fraction of sp³-hybridized carbons (Fsp3) is 0.500. The molecule has 1 fully saturated rings. The van der Waals surface area contributed by atoms with Gasteiger partial charge in [-0.15, -0.1) is 0 Å². The fourth-order valence-corrected chi connectivity index (χ4v) is 2.93. The number of carbonyl (C=O) groups is 3. The van der Waals surface area contributed by atoms with Crippen molar-refractivity contribution in [2.45, 2.75) is 20.8 Å². The van der Waals surface area contributed by atoms with Crippen molar-refractivity contribution in [3.8, 4) is 5.75 Å². The van der Waals surface area contributed by atoms with Gasteiger partial charge in [0, 0.05) is 24.2 Å². The van der Waals surface area contributed by atoms with Crippen LogP contribution in [0.4, 0.5) is 16.2 Å². The molecular weight excluding hydrogens is 336 g/mol. The Hall–Kier alpha value is -2.77. The summed E-state index contributed by atoms with van der Waals surface area (Å²) >= 11 is 0. The van der Waals surface area contributed by atoms with Gasteiger partial charge >= 0.3 is 6.03 Å². The van der Waals surface area contributed by atoms with Crippen LogP contribution >= 0.6 is 0 Å². The van der Waals surface area contributed by atoms with Crippen molar-refractivity contribution in [2.24, 2.45) is 5.41 Å². The zero-order valence-corrected chi connectivity index (χ0v) is 15.3. The van der Waals surface area contributed by atoms with Crippen LogP contribution in [0.1, 0.15) is 20.8 Å². The number of nitrogens with zero attached hydrogens (tertiary/aromatic N) is 2. The summed E-state index contributed by atoms with van der Waals surface area (Å²) in [7, 11) is 0. The van der Waals surface area contributed by atoms with Gasteiger partial charge in [0.2, 0.25) is 11.8 Å². The molecule has 4 amide bonds. The average Bonchev–Trinajstić information content (AvgIpc) is 3.03. The van der Waals surface area contributed by atoms with Crippen LogP contribution in [0.5, 0.6) is 5.75 Å². The molecule has 8 heteroatoms. The Bertz CT molecular complexity index is 741.